The van der Waals surface area contributed by atoms with Gasteiger partial charge in [0.2, 0.25) is 0 Å². The molecule has 0 saturated heterocycles. The van der Waals surface area contributed by atoms with Crippen LogP contribution < -0.4 is 21.9 Å². The van der Waals surface area contributed by atoms with E-state index in [2.05, 4.69) is 21.9 Å². The van der Waals surface area contributed by atoms with E-state index in [0.717, 1.165) is 19.6 Å². The predicted molar refractivity (Wildman–Crippen MR) is 192 cm³/mol. The molecule has 0 aliphatic heterocycles. The average Bonchev–Trinajstić information content (AvgIpc) is 3.09. The molecule has 0 unspecified atom stereocenters. The summed E-state index contributed by atoms with van der Waals surface area (Å²) in [5.41, 5.74) is 12.7. The van der Waals surface area contributed by atoms with E-state index in [1.807, 2.05) is 73.6 Å². The highest BCUT2D eigenvalue weighted by Gasteiger charge is 2.42. The minimum Gasteiger partial charge on any atom is -0.258 e. The first-order chi connectivity index (χ1) is 21.7. The average molecular weight is 725 g/mol. The Bertz CT molecular complexity index is 1350. The lowest BCUT2D eigenvalue weighted by Crippen LogP contribution is -2.14. The number of rotatable bonds is 18. The van der Waals surface area contributed by atoms with Gasteiger partial charge in [-0.05, 0) is 122 Å². The van der Waals surface area contributed by atoms with Crippen molar-refractivity contribution in [1.82, 2.24) is 0 Å². The van der Waals surface area contributed by atoms with Crippen LogP contribution >= 0.6 is 62.2 Å². The Labute approximate surface area is 280 Å². The van der Waals surface area contributed by atoms with Crippen LogP contribution in [0.2, 0.25) is 0 Å². The zero-order valence-electron chi connectivity index (χ0n) is 24.9. The fourth-order valence-electron chi connectivity index (χ4n) is 3.49. The summed E-state index contributed by atoms with van der Waals surface area (Å²) in [4.78, 5) is 4.15. The van der Waals surface area contributed by atoms with Crippen molar-refractivity contribution < 1.29 is 27.6 Å². The van der Waals surface area contributed by atoms with Gasteiger partial charge in [0, 0.05) is 19.6 Å². The molecule has 0 bridgehead atoms. The van der Waals surface area contributed by atoms with Crippen LogP contribution in [-0.4, -0.2) is 30.9 Å². The lowest BCUT2D eigenvalue weighted by Gasteiger charge is -2.24. The summed E-state index contributed by atoms with van der Waals surface area (Å²) in [6.45, 7) is 0. The van der Waals surface area contributed by atoms with Crippen LogP contribution in [0.4, 0.5) is 22.7 Å². The molecule has 0 radical (unpaired) electrons. The van der Waals surface area contributed by atoms with Gasteiger partial charge in [-0.25, -0.2) is 0 Å². The summed E-state index contributed by atoms with van der Waals surface area (Å²) in [6, 6.07) is 29.1. The summed E-state index contributed by atoms with van der Waals surface area (Å²) < 4.78 is 51.0. The summed E-state index contributed by atoms with van der Waals surface area (Å²) in [7, 11) is -8.62. The molecule has 45 heavy (non-hydrogen) atoms. The maximum atomic E-state index is 14.2. The van der Waals surface area contributed by atoms with Crippen molar-refractivity contribution in [2.75, 3.05) is 52.8 Å². The predicted octanol–water partition coefficient (Wildman–Crippen LogP) is 10.4. The number of nitrogens with one attached hydrogen (secondary N) is 4. The Morgan fingerprint density at radius 1 is 0.422 bits per heavy atom. The third kappa shape index (κ3) is 11.5. The third-order valence-electron chi connectivity index (χ3n) is 5.92. The van der Waals surface area contributed by atoms with Gasteiger partial charge in [0.05, 0.1) is 22.7 Å². The minimum atomic E-state index is -4.31. The molecule has 4 aromatic carbocycles. The molecule has 0 heterocycles. The highest BCUT2D eigenvalue weighted by atomic mass is 32.2. The van der Waals surface area contributed by atoms with Gasteiger partial charge < -0.3 is 0 Å². The highest BCUT2D eigenvalue weighted by Crippen LogP contribution is 2.63. The molecule has 10 nitrogen and oxygen atoms in total. The Morgan fingerprint density at radius 2 is 0.622 bits per heavy atom. The normalized spacial score (nSPS) is 11.6. The van der Waals surface area contributed by atoms with Crippen molar-refractivity contribution in [1.29, 1.82) is 0 Å². The topological polar surface area (TPSA) is 119 Å². The summed E-state index contributed by atoms with van der Waals surface area (Å²) >= 11 is 6.33. The molecule has 0 aliphatic rings. The van der Waals surface area contributed by atoms with Crippen molar-refractivity contribution >= 4 is 85.0 Å². The smallest absolute Gasteiger partial charge is 0.258 e. The lowest BCUT2D eigenvalue weighted by molar-refractivity contribution is 0.255. The van der Waals surface area contributed by atoms with E-state index in [0.29, 0.717) is 22.7 Å². The molecule has 0 atom stereocenters. The SMILES string of the molecule is CSc1ccc(NOP(=O)(CP(=O)(ONc2ccc(SC)cc2)ONc2ccc(SC)cc2)ONc2ccc(SC)cc2)cc1. The molecule has 4 aromatic rings. The number of benzene rings is 4. The van der Waals surface area contributed by atoms with E-state index >= 15 is 0 Å². The van der Waals surface area contributed by atoms with Gasteiger partial charge in [0.1, 0.15) is 0 Å². The van der Waals surface area contributed by atoms with Crippen molar-refractivity contribution in [3.8, 4) is 0 Å². The molecular formula is C29H34N4O6P2S4. The quantitative estimate of drug-likeness (QED) is 0.0442. The molecule has 16 heteroatoms. The minimum absolute atomic E-state index is 0.511. The fraction of sp³-hybridized carbons (Fsp3) is 0.172. The van der Waals surface area contributed by atoms with Crippen LogP contribution in [0.3, 0.4) is 0 Å². The van der Waals surface area contributed by atoms with Gasteiger partial charge in [-0.1, -0.05) is 0 Å². The molecular weight excluding hydrogens is 691 g/mol. The van der Waals surface area contributed by atoms with Gasteiger partial charge in [0.15, 0.2) is 5.90 Å². The summed E-state index contributed by atoms with van der Waals surface area (Å²) in [5.74, 6) is -0.780. The van der Waals surface area contributed by atoms with Gasteiger partial charge in [-0.15, -0.1) is 47.0 Å². The second kappa shape index (κ2) is 17.6. The molecule has 0 fully saturated rings. The maximum Gasteiger partial charge on any atom is 0.384 e. The second-order valence-electron chi connectivity index (χ2n) is 9.05. The number of thioether (sulfide) groups is 4. The molecule has 4 rings (SSSR count). The zero-order chi connectivity index (χ0) is 32.1. The number of hydrogen-bond donors (Lipinski definition) is 4. The van der Waals surface area contributed by atoms with Gasteiger partial charge in [-0.3, -0.25) is 31.1 Å². The molecule has 0 aliphatic carbocycles. The van der Waals surface area contributed by atoms with Gasteiger partial charge in [-0.2, -0.15) is 18.5 Å². The fourth-order valence-corrected chi connectivity index (χ4v) is 8.80. The van der Waals surface area contributed by atoms with Crippen LogP contribution in [0.5, 0.6) is 0 Å². The standard InChI is InChI=1S/C29H34N4O6P2S4/c1-42-26-13-5-22(6-14-26)30-36-40(34,37-31-23-7-15-27(43-2)16-8-23)21-41(35,38-32-24-9-17-28(44-3)18-10-24)39-33-25-11-19-29(45-4)20-12-25/h5-20,30-33H,21H2,1-4H3. The number of anilines is 4. The summed E-state index contributed by atoms with van der Waals surface area (Å²) in [5, 5.41) is 0. The first-order valence-electron chi connectivity index (χ1n) is 13.3. The first kappa shape index (κ1) is 35.6. The molecule has 0 amide bonds. The van der Waals surface area contributed by atoms with Crippen LogP contribution in [0.1, 0.15) is 0 Å². The van der Waals surface area contributed by atoms with Gasteiger partial charge in [0.25, 0.3) is 0 Å². The van der Waals surface area contributed by atoms with Crippen LogP contribution in [0.25, 0.3) is 0 Å². The van der Waals surface area contributed by atoms with Crippen molar-refractivity contribution in [2.45, 2.75) is 19.6 Å². The largest absolute Gasteiger partial charge is 0.384 e. The van der Waals surface area contributed by atoms with E-state index in [-0.39, 0.29) is 0 Å². The Balaban J connectivity index is 1.57. The molecule has 240 valence electrons. The van der Waals surface area contributed by atoms with Gasteiger partial charge >= 0.3 is 15.2 Å². The zero-order valence-corrected chi connectivity index (χ0v) is 30.0. The van der Waals surface area contributed by atoms with Crippen LogP contribution in [-0.2, 0) is 27.6 Å². The van der Waals surface area contributed by atoms with Crippen molar-refractivity contribution in [2.24, 2.45) is 0 Å². The maximum absolute atomic E-state index is 14.2. The molecule has 4 N–H and O–H groups in total. The van der Waals surface area contributed by atoms with E-state index in [4.69, 9.17) is 18.5 Å². The Kier molecular flexibility index (Phi) is 14.0. The Morgan fingerprint density at radius 3 is 0.800 bits per heavy atom. The summed E-state index contributed by atoms with van der Waals surface area (Å²) in [6.07, 6.45) is 7.86. The molecule has 0 spiro atoms. The van der Waals surface area contributed by atoms with Crippen LogP contribution in [0.15, 0.2) is 117 Å². The van der Waals surface area contributed by atoms with E-state index < -0.39 is 21.1 Å². The highest BCUT2D eigenvalue weighted by molar-refractivity contribution is 7.99. The lowest BCUT2D eigenvalue weighted by atomic mass is 10.3. The van der Waals surface area contributed by atoms with E-state index in [9.17, 15) is 9.13 Å². The first-order valence-corrected chi connectivity index (χ1v) is 21.6. The van der Waals surface area contributed by atoms with Crippen molar-refractivity contribution in [3.05, 3.63) is 97.1 Å². The molecule has 0 aromatic heterocycles. The second-order valence-corrected chi connectivity index (χ2v) is 16.9. The van der Waals surface area contributed by atoms with Crippen LogP contribution in [0, 0.1) is 0 Å². The van der Waals surface area contributed by atoms with E-state index in [1.165, 1.54) is 0 Å². The third-order valence-corrected chi connectivity index (χ3v) is 13.1. The monoisotopic (exact) mass is 724 g/mol. The number of hydrogen-bond acceptors (Lipinski definition) is 14. The Hall–Kier alpha value is -2.22. The van der Waals surface area contributed by atoms with Crippen molar-refractivity contribution in [3.63, 3.8) is 0 Å². The van der Waals surface area contributed by atoms with E-state index in [1.54, 1.807) is 95.6 Å². The molecule has 0 saturated carbocycles.